The normalized spacial score (nSPS) is 12.0. The molecule has 146 valence electrons. The molecule has 1 amide bonds. The molecule has 6 nitrogen and oxygen atoms in total. The first kappa shape index (κ1) is 19.9. The molecule has 7 heteroatoms. The SMILES string of the molecule is CCCC[C@H](NC(=O)c1ccccc1SCc1cn2ccccc2n1)C(=O)O. The summed E-state index contributed by atoms with van der Waals surface area (Å²) >= 11 is 1.51. The van der Waals surface area contributed by atoms with Gasteiger partial charge in [-0.3, -0.25) is 4.79 Å². The van der Waals surface area contributed by atoms with Gasteiger partial charge in [0.25, 0.3) is 5.91 Å². The van der Waals surface area contributed by atoms with Crippen LogP contribution in [0.15, 0.2) is 59.8 Å². The molecule has 28 heavy (non-hydrogen) atoms. The molecule has 3 aromatic rings. The lowest BCUT2D eigenvalue weighted by Crippen LogP contribution is -2.40. The largest absolute Gasteiger partial charge is 0.480 e. The van der Waals surface area contributed by atoms with Crippen molar-refractivity contribution in [1.82, 2.24) is 14.7 Å². The van der Waals surface area contributed by atoms with Crippen molar-refractivity contribution < 1.29 is 14.7 Å². The van der Waals surface area contributed by atoms with E-state index >= 15 is 0 Å². The molecule has 0 aliphatic heterocycles. The number of carbonyl (C=O) groups excluding carboxylic acids is 1. The van der Waals surface area contributed by atoms with Crippen molar-refractivity contribution in [1.29, 1.82) is 0 Å². The molecule has 0 bridgehead atoms. The lowest BCUT2D eigenvalue weighted by atomic mass is 10.1. The third-order valence-corrected chi connectivity index (χ3v) is 5.48. The maximum atomic E-state index is 12.7. The predicted molar refractivity (Wildman–Crippen MR) is 110 cm³/mol. The number of fused-ring (bicyclic) bond motifs is 1. The maximum absolute atomic E-state index is 12.7. The van der Waals surface area contributed by atoms with Gasteiger partial charge in [0.15, 0.2) is 0 Å². The third kappa shape index (κ3) is 4.92. The Kier molecular flexibility index (Phi) is 6.71. The van der Waals surface area contributed by atoms with Crippen LogP contribution in [-0.4, -0.2) is 32.4 Å². The van der Waals surface area contributed by atoms with E-state index in [1.165, 1.54) is 11.8 Å². The summed E-state index contributed by atoms with van der Waals surface area (Å²) < 4.78 is 1.96. The van der Waals surface area contributed by atoms with E-state index in [9.17, 15) is 14.7 Å². The monoisotopic (exact) mass is 397 g/mol. The van der Waals surface area contributed by atoms with E-state index in [4.69, 9.17) is 0 Å². The van der Waals surface area contributed by atoms with Crippen LogP contribution in [0.4, 0.5) is 0 Å². The molecule has 2 heterocycles. The Bertz CT molecular complexity index is 937. The number of thioether (sulfide) groups is 1. The van der Waals surface area contributed by atoms with Crippen LogP contribution < -0.4 is 5.32 Å². The van der Waals surface area contributed by atoms with Crippen LogP contribution in [0.25, 0.3) is 5.65 Å². The first-order valence-corrected chi connectivity index (χ1v) is 10.2. The lowest BCUT2D eigenvalue weighted by Gasteiger charge is -2.15. The first-order chi connectivity index (χ1) is 13.6. The molecule has 1 atom stereocenters. The number of carboxylic acid groups (broad SMARTS) is 1. The highest BCUT2D eigenvalue weighted by Crippen LogP contribution is 2.26. The molecule has 3 rings (SSSR count). The minimum absolute atomic E-state index is 0.360. The van der Waals surface area contributed by atoms with Crippen molar-refractivity contribution in [3.8, 4) is 0 Å². The number of carboxylic acids is 1. The number of unbranched alkanes of at least 4 members (excludes halogenated alkanes) is 1. The highest BCUT2D eigenvalue weighted by molar-refractivity contribution is 7.98. The summed E-state index contributed by atoms with van der Waals surface area (Å²) in [7, 11) is 0. The fourth-order valence-corrected chi connectivity index (χ4v) is 3.82. The summed E-state index contributed by atoms with van der Waals surface area (Å²) in [5.74, 6) is -0.747. The molecule has 2 aromatic heterocycles. The number of hydrogen-bond acceptors (Lipinski definition) is 4. The van der Waals surface area contributed by atoms with Crippen LogP contribution in [0.1, 0.15) is 42.2 Å². The summed E-state index contributed by atoms with van der Waals surface area (Å²) in [4.78, 5) is 29.5. The minimum atomic E-state index is -1.00. The van der Waals surface area contributed by atoms with E-state index in [0.29, 0.717) is 17.7 Å². The van der Waals surface area contributed by atoms with Gasteiger partial charge in [-0.1, -0.05) is 38.0 Å². The fourth-order valence-electron chi connectivity index (χ4n) is 2.89. The van der Waals surface area contributed by atoms with E-state index in [1.54, 1.807) is 12.1 Å². The highest BCUT2D eigenvalue weighted by atomic mass is 32.2. The van der Waals surface area contributed by atoms with Crippen molar-refractivity contribution in [3.05, 3.63) is 66.1 Å². The smallest absolute Gasteiger partial charge is 0.326 e. The molecular formula is C21H23N3O3S. The number of hydrogen-bond donors (Lipinski definition) is 2. The van der Waals surface area contributed by atoms with Crippen LogP contribution >= 0.6 is 11.8 Å². The van der Waals surface area contributed by atoms with Gasteiger partial charge in [0.2, 0.25) is 0 Å². The molecule has 0 unspecified atom stereocenters. The summed E-state index contributed by atoms with van der Waals surface area (Å²) in [6.07, 6.45) is 5.97. The number of nitrogens with zero attached hydrogens (tertiary/aromatic N) is 2. The first-order valence-electron chi connectivity index (χ1n) is 9.26. The molecule has 0 aliphatic rings. The number of aliphatic carboxylic acids is 1. The topological polar surface area (TPSA) is 83.7 Å². The van der Waals surface area contributed by atoms with Crippen molar-refractivity contribution in [2.24, 2.45) is 0 Å². The average Bonchev–Trinajstić information content (AvgIpc) is 3.12. The molecule has 0 saturated carbocycles. The third-order valence-electron chi connectivity index (χ3n) is 4.37. The Morgan fingerprint density at radius 2 is 2.00 bits per heavy atom. The summed E-state index contributed by atoms with van der Waals surface area (Å²) in [5.41, 5.74) is 2.28. The van der Waals surface area contributed by atoms with Gasteiger partial charge in [0.1, 0.15) is 11.7 Å². The van der Waals surface area contributed by atoms with Gasteiger partial charge >= 0.3 is 5.97 Å². The number of carbonyl (C=O) groups is 2. The Balaban J connectivity index is 1.71. The molecule has 0 radical (unpaired) electrons. The zero-order chi connectivity index (χ0) is 19.9. The number of imidazole rings is 1. The van der Waals surface area contributed by atoms with Gasteiger partial charge < -0.3 is 14.8 Å². The van der Waals surface area contributed by atoms with E-state index in [2.05, 4.69) is 10.3 Å². The van der Waals surface area contributed by atoms with Crippen molar-refractivity contribution >= 4 is 29.3 Å². The summed E-state index contributed by atoms with van der Waals surface area (Å²) in [6, 6.07) is 12.2. The number of nitrogens with one attached hydrogen (secondary N) is 1. The number of benzene rings is 1. The van der Waals surface area contributed by atoms with Gasteiger partial charge in [-0.05, 0) is 30.7 Å². The fraction of sp³-hybridized carbons (Fsp3) is 0.286. The summed E-state index contributed by atoms with van der Waals surface area (Å²) in [5, 5.41) is 12.0. The second kappa shape index (κ2) is 9.41. The maximum Gasteiger partial charge on any atom is 0.326 e. The molecule has 2 N–H and O–H groups in total. The van der Waals surface area contributed by atoms with Gasteiger partial charge in [0, 0.05) is 23.0 Å². The highest BCUT2D eigenvalue weighted by Gasteiger charge is 2.21. The molecule has 0 saturated heterocycles. The van der Waals surface area contributed by atoms with Crippen LogP contribution in [0, 0.1) is 0 Å². The van der Waals surface area contributed by atoms with Gasteiger partial charge in [-0.25, -0.2) is 9.78 Å². The van der Waals surface area contributed by atoms with E-state index in [1.807, 2.05) is 54.0 Å². The van der Waals surface area contributed by atoms with Gasteiger partial charge in [-0.15, -0.1) is 11.8 Å². The molecule has 0 aliphatic carbocycles. The van der Waals surface area contributed by atoms with Gasteiger partial charge in [-0.2, -0.15) is 0 Å². The van der Waals surface area contributed by atoms with Crippen LogP contribution in [0.3, 0.4) is 0 Å². The standard InChI is InChI=1S/C21H23N3O3S/c1-2-3-9-17(21(26)27)23-20(25)16-8-4-5-10-18(16)28-14-15-13-24-12-7-6-11-19(24)22-15/h4-8,10-13,17H,2-3,9,14H2,1H3,(H,23,25)(H,26,27)/t17-/m0/s1. The Labute approximate surface area is 168 Å². The lowest BCUT2D eigenvalue weighted by molar-refractivity contribution is -0.139. The number of amides is 1. The average molecular weight is 398 g/mol. The Hall–Kier alpha value is -2.80. The molecule has 1 aromatic carbocycles. The van der Waals surface area contributed by atoms with Crippen molar-refractivity contribution in [3.63, 3.8) is 0 Å². The second-order valence-corrected chi connectivity index (χ2v) is 7.51. The number of rotatable bonds is 9. The minimum Gasteiger partial charge on any atom is -0.480 e. The Morgan fingerprint density at radius 3 is 2.75 bits per heavy atom. The molecule has 0 spiro atoms. The van der Waals surface area contributed by atoms with E-state index < -0.39 is 12.0 Å². The van der Waals surface area contributed by atoms with Crippen molar-refractivity contribution in [2.45, 2.75) is 42.9 Å². The van der Waals surface area contributed by atoms with Crippen LogP contribution in [-0.2, 0) is 10.5 Å². The number of pyridine rings is 1. The predicted octanol–water partition coefficient (Wildman–Crippen LogP) is 4.00. The summed E-state index contributed by atoms with van der Waals surface area (Å²) in [6.45, 7) is 1.99. The van der Waals surface area contributed by atoms with Crippen molar-refractivity contribution in [2.75, 3.05) is 0 Å². The van der Waals surface area contributed by atoms with Gasteiger partial charge in [0.05, 0.1) is 11.3 Å². The van der Waals surface area contributed by atoms with Crippen LogP contribution in [0.5, 0.6) is 0 Å². The Morgan fingerprint density at radius 1 is 1.21 bits per heavy atom. The quantitative estimate of drug-likeness (QED) is 0.533. The van der Waals surface area contributed by atoms with Crippen LogP contribution in [0.2, 0.25) is 0 Å². The molecular weight excluding hydrogens is 374 g/mol. The molecule has 0 fully saturated rings. The zero-order valence-electron chi connectivity index (χ0n) is 15.7. The van der Waals surface area contributed by atoms with E-state index in [0.717, 1.165) is 29.1 Å². The second-order valence-electron chi connectivity index (χ2n) is 6.49. The number of aromatic nitrogens is 2. The zero-order valence-corrected chi connectivity index (χ0v) is 16.5. The van der Waals surface area contributed by atoms with E-state index in [-0.39, 0.29) is 5.91 Å².